The number of nitrogens with zero attached hydrogens (tertiary/aromatic N) is 3. The summed E-state index contributed by atoms with van der Waals surface area (Å²) in [4.78, 5) is 9.25. The molecule has 4 aromatic rings. The van der Waals surface area contributed by atoms with Crippen LogP contribution in [0.5, 0.6) is 0 Å². The summed E-state index contributed by atoms with van der Waals surface area (Å²) in [5.41, 5.74) is 11.7. The second-order valence-electron chi connectivity index (χ2n) is 5.99. The van der Waals surface area contributed by atoms with E-state index in [2.05, 4.69) is 46.5 Å². The van der Waals surface area contributed by atoms with Crippen LogP contribution in [0.2, 0.25) is 0 Å². The molecule has 0 fully saturated rings. The molecule has 2 heterocycles. The van der Waals surface area contributed by atoms with Gasteiger partial charge < -0.3 is 11.1 Å². The Balaban J connectivity index is 1.94. The van der Waals surface area contributed by atoms with E-state index in [9.17, 15) is 0 Å². The maximum Gasteiger partial charge on any atom is 0.229 e. The number of nitrogens with two attached hydrogens (primary N) is 1. The van der Waals surface area contributed by atoms with Gasteiger partial charge in [-0.25, -0.2) is 4.98 Å². The van der Waals surface area contributed by atoms with Crippen LogP contribution in [0.15, 0.2) is 48.5 Å². The summed E-state index contributed by atoms with van der Waals surface area (Å²) in [5.74, 6) is 0.960. The SMILES string of the molecule is Cc1cccc(C)c1-c1nc(Nc2ccccc2)nc2n[nH]c(N)c12. The summed E-state index contributed by atoms with van der Waals surface area (Å²) < 4.78 is 0. The standard InChI is InChI=1S/C19H18N6/c1-11-7-6-8-12(2)14(11)16-15-17(20)24-25-18(15)23-19(22-16)21-13-9-4-3-5-10-13/h3-10H,1-2H3,(H4,20,21,22,23,24,25). The molecular formula is C19H18N6. The van der Waals surface area contributed by atoms with Crippen LogP contribution in [0, 0.1) is 13.8 Å². The molecule has 6 nitrogen and oxygen atoms in total. The monoisotopic (exact) mass is 330 g/mol. The Labute approximate surface area is 145 Å². The van der Waals surface area contributed by atoms with Crippen LogP contribution >= 0.6 is 0 Å². The Bertz CT molecular complexity index is 1030. The number of fused-ring (bicyclic) bond motifs is 1. The van der Waals surface area contributed by atoms with E-state index in [1.807, 2.05) is 36.4 Å². The van der Waals surface area contributed by atoms with Crippen molar-refractivity contribution in [2.75, 3.05) is 11.1 Å². The molecule has 4 rings (SSSR count). The zero-order valence-corrected chi connectivity index (χ0v) is 14.0. The number of nitrogen functional groups attached to an aromatic ring is 1. The smallest absolute Gasteiger partial charge is 0.229 e. The molecule has 0 amide bonds. The molecule has 2 aromatic heterocycles. The van der Waals surface area contributed by atoms with E-state index in [1.54, 1.807) is 0 Å². The molecule has 0 aliphatic carbocycles. The van der Waals surface area contributed by atoms with Crippen LogP contribution in [-0.4, -0.2) is 20.2 Å². The van der Waals surface area contributed by atoms with E-state index < -0.39 is 0 Å². The van der Waals surface area contributed by atoms with Gasteiger partial charge in [0.1, 0.15) is 5.82 Å². The van der Waals surface area contributed by atoms with Gasteiger partial charge in [-0.1, -0.05) is 36.4 Å². The number of para-hydroxylation sites is 1. The number of benzene rings is 2. The highest BCUT2D eigenvalue weighted by molar-refractivity contribution is 5.99. The van der Waals surface area contributed by atoms with Crippen molar-refractivity contribution in [2.24, 2.45) is 0 Å². The van der Waals surface area contributed by atoms with Gasteiger partial charge in [0, 0.05) is 11.3 Å². The van der Waals surface area contributed by atoms with Crippen LogP contribution in [0.1, 0.15) is 11.1 Å². The van der Waals surface area contributed by atoms with Crippen LogP contribution < -0.4 is 11.1 Å². The van der Waals surface area contributed by atoms with E-state index in [-0.39, 0.29) is 0 Å². The van der Waals surface area contributed by atoms with Gasteiger partial charge in [-0.15, -0.1) is 0 Å². The molecule has 25 heavy (non-hydrogen) atoms. The van der Waals surface area contributed by atoms with Gasteiger partial charge in [0.05, 0.1) is 11.1 Å². The minimum absolute atomic E-state index is 0.471. The highest BCUT2D eigenvalue weighted by Gasteiger charge is 2.18. The predicted molar refractivity (Wildman–Crippen MR) is 101 cm³/mol. The van der Waals surface area contributed by atoms with Crippen LogP contribution in [0.25, 0.3) is 22.3 Å². The minimum Gasteiger partial charge on any atom is -0.383 e. The van der Waals surface area contributed by atoms with E-state index >= 15 is 0 Å². The molecule has 0 atom stereocenters. The van der Waals surface area contributed by atoms with Gasteiger partial charge in [0.2, 0.25) is 5.95 Å². The van der Waals surface area contributed by atoms with Crippen molar-refractivity contribution in [1.82, 2.24) is 20.2 Å². The van der Waals surface area contributed by atoms with E-state index in [4.69, 9.17) is 10.7 Å². The summed E-state index contributed by atoms with van der Waals surface area (Å²) >= 11 is 0. The van der Waals surface area contributed by atoms with E-state index in [1.165, 1.54) is 0 Å². The zero-order valence-electron chi connectivity index (χ0n) is 14.0. The van der Waals surface area contributed by atoms with E-state index in [0.717, 1.165) is 33.5 Å². The molecule has 0 aliphatic rings. The molecule has 0 bridgehead atoms. The highest BCUT2D eigenvalue weighted by Crippen LogP contribution is 2.34. The number of hydrogen-bond acceptors (Lipinski definition) is 5. The third-order valence-corrected chi connectivity index (χ3v) is 4.19. The normalized spacial score (nSPS) is 11.0. The maximum absolute atomic E-state index is 6.10. The van der Waals surface area contributed by atoms with Crippen molar-refractivity contribution in [3.8, 4) is 11.3 Å². The van der Waals surface area contributed by atoms with Crippen LogP contribution in [0.4, 0.5) is 17.5 Å². The summed E-state index contributed by atoms with van der Waals surface area (Å²) in [6.45, 7) is 4.13. The average Bonchev–Trinajstić information content (AvgIpc) is 2.97. The van der Waals surface area contributed by atoms with Crippen molar-refractivity contribution in [1.29, 1.82) is 0 Å². The summed E-state index contributed by atoms with van der Waals surface area (Å²) in [6, 6.07) is 16.0. The molecule has 2 aromatic carbocycles. The number of aryl methyl sites for hydroxylation is 2. The van der Waals surface area contributed by atoms with Gasteiger partial charge in [-0.2, -0.15) is 10.1 Å². The first-order valence-electron chi connectivity index (χ1n) is 8.04. The Morgan fingerprint density at radius 2 is 1.64 bits per heavy atom. The number of anilines is 3. The molecule has 124 valence electrons. The molecule has 0 saturated carbocycles. The first kappa shape index (κ1) is 15.1. The summed E-state index contributed by atoms with van der Waals surface area (Å²) in [7, 11) is 0. The molecular weight excluding hydrogens is 312 g/mol. The topological polar surface area (TPSA) is 92.5 Å². The first-order chi connectivity index (χ1) is 12.1. The second kappa shape index (κ2) is 5.90. The Morgan fingerprint density at radius 1 is 0.920 bits per heavy atom. The van der Waals surface area contributed by atoms with E-state index in [0.29, 0.717) is 17.4 Å². The summed E-state index contributed by atoms with van der Waals surface area (Å²) in [5, 5.41) is 11.0. The van der Waals surface area contributed by atoms with Gasteiger partial charge in [-0.3, -0.25) is 5.10 Å². The largest absolute Gasteiger partial charge is 0.383 e. The highest BCUT2D eigenvalue weighted by atomic mass is 15.2. The molecule has 0 aliphatic heterocycles. The molecule has 4 N–H and O–H groups in total. The lowest BCUT2D eigenvalue weighted by molar-refractivity contribution is 1.09. The van der Waals surface area contributed by atoms with Crippen LogP contribution in [0.3, 0.4) is 0 Å². The molecule has 0 radical (unpaired) electrons. The van der Waals surface area contributed by atoms with Gasteiger partial charge in [0.15, 0.2) is 5.65 Å². The Hall–Kier alpha value is -3.41. The fraction of sp³-hybridized carbons (Fsp3) is 0.105. The summed E-state index contributed by atoms with van der Waals surface area (Å²) in [6.07, 6.45) is 0. The second-order valence-corrected chi connectivity index (χ2v) is 5.99. The number of aromatic nitrogens is 4. The van der Waals surface area contributed by atoms with Crippen molar-refractivity contribution < 1.29 is 0 Å². The van der Waals surface area contributed by atoms with Crippen molar-refractivity contribution >= 4 is 28.5 Å². The lowest BCUT2D eigenvalue weighted by Crippen LogP contribution is -2.01. The lowest BCUT2D eigenvalue weighted by Gasteiger charge is -2.12. The van der Waals surface area contributed by atoms with Crippen molar-refractivity contribution in [3.05, 3.63) is 59.7 Å². The average molecular weight is 330 g/mol. The molecule has 0 unspecified atom stereocenters. The molecule has 0 saturated heterocycles. The van der Waals surface area contributed by atoms with Crippen molar-refractivity contribution in [3.63, 3.8) is 0 Å². The van der Waals surface area contributed by atoms with Gasteiger partial charge >= 0.3 is 0 Å². The Morgan fingerprint density at radius 3 is 2.36 bits per heavy atom. The fourth-order valence-electron chi connectivity index (χ4n) is 3.02. The number of aromatic amines is 1. The maximum atomic E-state index is 6.10. The fourth-order valence-corrected chi connectivity index (χ4v) is 3.02. The molecule has 0 spiro atoms. The van der Waals surface area contributed by atoms with Gasteiger partial charge in [-0.05, 0) is 37.1 Å². The number of hydrogen-bond donors (Lipinski definition) is 3. The number of rotatable bonds is 3. The lowest BCUT2D eigenvalue weighted by atomic mass is 9.98. The minimum atomic E-state index is 0.471. The third-order valence-electron chi connectivity index (χ3n) is 4.19. The quantitative estimate of drug-likeness (QED) is 0.529. The predicted octanol–water partition coefficient (Wildman–Crippen LogP) is 3.96. The molecule has 6 heteroatoms. The Kier molecular flexibility index (Phi) is 3.57. The van der Waals surface area contributed by atoms with Gasteiger partial charge in [0.25, 0.3) is 0 Å². The zero-order chi connectivity index (χ0) is 17.4. The van der Waals surface area contributed by atoms with Crippen molar-refractivity contribution in [2.45, 2.75) is 13.8 Å². The van der Waals surface area contributed by atoms with Crippen LogP contribution in [-0.2, 0) is 0 Å². The number of nitrogens with one attached hydrogen (secondary N) is 2. The number of H-pyrrole nitrogens is 1. The first-order valence-corrected chi connectivity index (χ1v) is 8.04. The third kappa shape index (κ3) is 2.67.